The predicted octanol–water partition coefficient (Wildman–Crippen LogP) is 5.07. The number of rotatable bonds is 8. The van der Waals surface area contributed by atoms with Gasteiger partial charge in [-0.05, 0) is 55.3 Å². The summed E-state index contributed by atoms with van der Waals surface area (Å²) < 4.78 is 12.3. The van der Waals surface area contributed by atoms with E-state index in [-0.39, 0.29) is 11.8 Å². The van der Waals surface area contributed by atoms with E-state index in [0.717, 1.165) is 22.4 Å². The minimum absolute atomic E-state index is 0.257. The Hall–Kier alpha value is -4.59. The van der Waals surface area contributed by atoms with Gasteiger partial charge in [0.1, 0.15) is 17.2 Å². The summed E-state index contributed by atoms with van der Waals surface area (Å²) >= 11 is 0. The summed E-state index contributed by atoms with van der Waals surface area (Å²) in [5, 5.41) is 5.79. The van der Waals surface area contributed by atoms with Crippen molar-refractivity contribution in [3.05, 3.63) is 101 Å². The van der Waals surface area contributed by atoms with Crippen LogP contribution in [0.4, 0.5) is 11.4 Å². The molecule has 1 heterocycles. The molecule has 0 aliphatic carbocycles. The van der Waals surface area contributed by atoms with Crippen molar-refractivity contribution in [1.29, 1.82) is 0 Å². The van der Waals surface area contributed by atoms with E-state index in [1.807, 2.05) is 60.9 Å². The number of nitrogens with one attached hydrogen (secondary N) is 2. The lowest BCUT2D eigenvalue weighted by Gasteiger charge is -2.11. The normalized spacial score (nSPS) is 10.6. The van der Waals surface area contributed by atoms with Crippen LogP contribution in [0.1, 0.15) is 37.5 Å². The summed E-state index contributed by atoms with van der Waals surface area (Å²) in [5.41, 5.74) is 5.31. The van der Waals surface area contributed by atoms with E-state index in [0.29, 0.717) is 35.0 Å². The lowest BCUT2D eigenvalue weighted by Crippen LogP contribution is -2.13. The van der Waals surface area contributed by atoms with Gasteiger partial charge in [-0.1, -0.05) is 29.8 Å². The minimum Gasteiger partial charge on any atom is -0.497 e. The molecule has 2 amide bonds. The highest BCUT2D eigenvalue weighted by Crippen LogP contribution is 2.25. The molecule has 0 aliphatic heterocycles. The molecule has 0 aliphatic rings. The zero-order valence-electron chi connectivity index (χ0n) is 20.7. The van der Waals surface area contributed by atoms with E-state index in [4.69, 9.17) is 9.47 Å². The van der Waals surface area contributed by atoms with Gasteiger partial charge in [0.25, 0.3) is 11.8 Å². The molecular weight excluding hydrogens is 456 g/mol. The fourth-order valence-corrected chi connectivity index (χ4v) is 3.79. The van der Waals surface area contributed by atoms with Crippen LogP contribution < -0.4 is 20.1 Å². The molecule has 0 bridgehead atoms. The molecule has 36 heavy (non-hydrogen) atoms. The minimum atomic E-state index is -0.281. The number of imidazole rings is 1. The van der Waals surface area contributed by atoms with Crippen LogP contribution in [0.3, 0.4) is 0 Å². The molecule has 1 aromatic heterocycles. The first-order chi connectivity index (χ1) is 17.4. The van der Waals surface area contributed by atoms with Crippen molar-refractivity contribution in [2.75, 3.05) is 24.9 Å². The van der Waals surface area contributed by atoms with Gasteiger partial charge in [-0.3, -0.25) is 9.59 Å². The van der Waals surface area contributed by atoms with Crippen molar-refractivity contribution < 1.29 is 19.1 Å². The molecule has 0 fully saturated rings. The molecule has 184 valence electrons. The average molecular weight is 485 g/mol. The summed E-state index contributed by atoms with van der Waals surface area (Å²) in [5.74, 6) is 0.503. The maximum absolute atomic E-state index is 12.7. The molecule has 0 unspecified atom stereocenters. The molecule has 0 radical (unpaired) electrons. The molecule has 0 saturated carbocycles. The van der Waals surface area contributed by atoms with Gasteiger partial charge in [-0.15, -0.1) is 0 Å². The molecule has 3 aromatic carbocycles. The summed E-state index contributed by atoms with van der Waals surface area (Å²) in [6, 6.07) is 18.4. The first-order valence-electron chi connectivity index (χ1n) is 11.4. The largest absolute Gasteiger partial charge is 0.497 e. The van der Waals surface area contributed by atoms with Gasteiger partial charge in [0.15, 0.2) is 0 Å². The number of hydrogen-bond donors (Lipinski definition) is 2. The number of nitrogens with zero attached hydrogens (tertiary/aromatic N) is 2. The van der Waals surface area contributed by atoms with Gasteiger partial charge in [0.05, 0.1) is 26.1 Å². The van der Waals surface area contributed by atoms with E-state index in [1.54, 1.807) is 37.8 Å². The van der Waals surface area contributed by atoms with Crippen molar-refractivity contribution in [1.82, 2.24) is 9.55 Å². The molecular formula is C28H28N4O4. The Morgan fingerprint density at radius 3 is 2.36 bits per heavy atom. The highest BCUT2D eigenvalue weighted by Gasteiger charge is 2.14. The zero-order valence-corrected chi connectivity index (χ0v) is 20.7. The van der Waals surface area contributed by atoms with Crippen molar-refractivity contribution >= 4 is 23.2 Å². The highest BCUT2D eigenvalue weighted by atomic mass is 16.5. The van der Waals surface area contributed by atoms with Crippen LogP contribution in [0.2, 0.25) is 0 Å². The van der Waals surface area contributed by atoms with Crippen LogP contribution in [-0.4, -0.2) is 35.6 Å². The first kappa shape index (κ1) is 24.5. The number of hydrogen-bond acceptors (Lipinski definition) is 5. The van der Waals surface area contributed by atoms with Crippen LogP contribution in [-0.2, 0) is 6.54 Å². The number of ether oxygens (including phenoxy) is 2. The summed E-state index contributed by atoms with van der Waals surface area (Å²) in [4.78, 5) is 29.6. The number of aromatic nitrogens is 2. The Morgan fingerprint density at radius 2 is 1.67 bits per heavy atom. The SMILES string of the molecule is COc1ccc(C(=O)Nc2ccc(Cn3cnc(C(=O)Nc4ccc(C)cc4C)c3)cc2)c(OC)c1. The van der Waals surface area contributed by atoms with Crippen LogP contribution in [0.15, 0.2) is 73.2 Å². The number of carbonyl (C=O) groups is 2. The zero-order chi connectivity index (χ0) is 25.7. The van der Waals surface area contributed by atoms with Gasteiger partial charge >= 0.3 is 0 Å². The molecule has 2 N–H and O–H groups in total. The summed E-state index contributed by atoms with van der Waals surface area (Å²) in [7, 11) is 3.07. The van der Waals surface area contributed by atoms with Gasteiger partial charge in [-0.2, -0.15) is 0 Å². The molecule has 0 spiro atoms. The van der Waals surface area contributed by atoms with E-state index in [2.05, 4.69) is 15.6 Å². The number of amides is 2. The standard InChI is InChI=1S/C28H28N4O4/c1-18-5-12-24(19(2)13-18)31-28(34)25-16-32(17-29-25)15-20-6-8-21(9-7-20)30-27(33)23-11-10-22(35-3)14-26(23)36-4/h5-14,16-17H,15H2,1-4H3,(H,30,33)(H,31,34). The Balaban J connectivity index is 1.37. The Kier molecular flexibility index (Phi) is 7.34. The number of anilines is 2. The van der Waals surface area contributed by atoms with Crippen molar-refractivity contribution in [3.63, 3.8) is 0 Å². The topological polar surface area (TPSA) is 94.5 Å². The van der Waals surface area contributed by atoms with Crippen LogP contribution >= 0.6 is 0 Å². The van der Waals surface area contributed by atoms with Gasteiger partial charge in [-0.25, -0.2) is 4.98 Å². The lowest BCUT2D eigenvalue weighted by molar-refractivity contribution is 0.101. The number of benzene rings is 3. The van der Waals surface area contributed by atoms with E-state index < -0.39 is 0 Å². The molecule has 0 atom stereocenters. The van der Waals surface area contributed by atoms with Gasteiger partial charge in [0.2, 0.25) is 0 Å². The van der Waals surface area contributed by atoms with E-state index >= 15 is 0 Å². The van der Waals surface area contributed by atoms with Gasteiger partial charge < -0.3 is 24.7 Å². The lowest BCUT2D eigenvalue weighted by atomic mass is 10.1. The average Bonchev–Trinajstić information content (AvgIpc) is 3.35. The first-order valence-corrected chi connectivity index (χ1v) is 11.4. The molecule has 8 nitrogen and oxygen atoms in total. The third-order valence-corrected chi connectivity index (χ3v) is 5.73. The molecule has 4 rings (SSSR count). The highest BCUT2D eigenvalue weighted by molar-refractivity contribution is 6.06. The second kappa shape index (κ2) is 10.8. The molecule has 0 saturated heterocycles. The third kappa shape index (κ3) is 5.72. The van der Waals surface area contributed by atoms with Crippen molar-refractivity contribution in [3.8, 4) is 11.5 Å². The van der Waals surface area contributed by atoms with Gasteiger partial charge in [0, 0.05) is 30.2 Å². The fourth-order valence-electron chi connectivity index (χ4n) is 3.79. The molecule has 8 heteroatoms. The fraction of sp³-hybridized carbons (Fsp3) is 0.179. The maximum Gasteiger partial charge on any atom is 0.275 e. The predicted molar refractivity (Wildman–Crippen MR) is 139 cm³/mol. The van der Waals surface area contributed by atoms with E-state index in [1.165, 1.54) is 7.11 Å². The summed E-state index contributed by atoms with van der Waals surface area (Å²) in [6.45, 7) is 4.50. The second-order valence-electron chi connectivity index (χ2n) is 8.42. The Bertz CT molecular complexity index is 1390. The van der Waals surface area contributed by atoms with Crippen LogP contribution in [0, 0.1) is 13.8 Å². The van der Waals surface area contributed by atoms with Crippen molar-refractivity contribution in [2.24, 2.45) is 0 Å². The monoisotopic (exact) mass is 484 g/mol. The number of carbonyl (C=O) groups excluding carboxylic acids is 2. The summed E-state index contributed by atoms with van der Waals surface area (Å²) in [6.07, 6.45) is 3.34. The smallest absolute Gasteiger partial charge is 0.275 e. The van der Waals surface area contributed by atoms with Crippen LogP contribution in [0.5, 0.6) is 11.5 Å². The maximum atomic E-state index is 12.7. The number of aryl methyl sites for hydroxylation is 2. The second-order valence-corrected chi connectivity index (χ2v) is 8.42. The third-order valence-electron chi connectivity index (χ3n) is 5.73. The van der Waals surface area contributed by atoms with E-state index in [9.17, 15) is 9.59 Å². The Labute approximate surface area is 209 Å². The van der Waals surface area contributed by atoms with Crippen molar-refractivity contribution in [2.45, 2.75) is 20.4 Å². The molecule has 4 aromatic rings. The Morgan fingerprint density at radius 1 is 0.889 bits per heavy atom. The quantitative estimate of drug-likeness (QED) is 0.364. The van der Waals surface area contributed by atoms with Crippen LogP contribution in [0.25, 0.3) is 0 Å². The number of methoxy groups -OCH3 is 2.